The molecule has 0 heterocycles. The number of hydrogen-bond acceptors (Lipinski definition) is 1. The second-order valence-corrected chi connectivity index (χ2v) is 5.30. The van der Waals surface area contributed by atoms with Gasteiger partial charge in [-0.3, -0.25) is 4.79 Å². The van der Waals surface area contributed by atoms with Crippen LogP contribution in [0.25, 0.3) is 11.1 Å². The zero-order chi connectivity index (χ0) is 14.2. The molecule has 0 fully saturated rings. The van der Waals surface area contributed by atoms with E-state index in [1.807, 2.05) is 0 Å². The summed E-state index contributed by atoms with van der Waals surface area (Å²) in [5.41, 5.74) is 6.63. The number of hydrogen-bond donors (Lipinski definition) is 1. The Kier molecular flexibility index (Phi) is 4.26. The minimum Gasteiger partial charge on any atom is -0.366 e. The van der Waals surface area contributed by atoms with Crippen molar-refractivity contribution in [3.8, 4) is 11.1 Å². The van der Waals surface area contributed by atoms with Crippen LogP contribution >= 0.6 is 46.4 Å². The maximum atomic E-state index is 11.3. The monoisotopic (exact) mass is 333 g/mol. The summed E-state index contributed by atoms with van der Waals surface area (Å²) in [5, 5.41) is 1.09. The van der Waals surface area contributed by atoms with Gasteiger partial charge in [-0.2, -0.15) is 0 Å². The first-order chi connectivity index (χ1) is 8.93. The van der Waals surface area contributed by atoms with E-state index < -0.39 is 5.91 Å². The van der Waals surface area contributed by atoms with Crippen LogP contribution in [0.3, 0.4) is 0 Å². The molecular formula is C13H7Cl4NO. The first-order valence-electron chi connectivity index (χ1n) is 5.15. The molecule has 0 aliphatic heterocycles. The fourth-order valence-electron chi connectivity index (χ4n) is 1.66. The molecule has 0 aromatic heterocycles. The van der Waals surface area contributed by atoms with E-state index in [-0.39, 0.29) is 20.6 Å². The Labute approximate surface area is 130 Å². The summed E-state index contributed by atoms with van der Waals surface area (Å²) in [6.45, 7) is 0. The molecule has 0 atom stereocenters. The van der Waals surface area contributed by atoms with E-state index in [2.05, 4.69) is 0 Å². The maximum absolute atomic E-state index is 11.3. The molecule has 2 rings (SSSR count). The summed E-state index contributed by atoms with van der Waals surface area (Å²) in [7, 11) is 0. The average molecular weight is 335 g/mol. The lowest BCUT2D eigenvalue weighted by Gasteiger charge is -2.11. The summed E-state index contributed by atoms with van der Waals surface area (Å²) in [4.78, 5) is 11.3. The summed E-state index contributed by atoms with van der Waals surface area (Å²) in [5.74, 6) is -0.608. The largest absolute Gasteiger partial charge is 0.366 e. The minimum absolute atomic E-state index is 0.223. The highest BCUT2D eigenvalue weighted by atomic mass is 35.5. The highest BCUT2D eigenvalue weighted by Crippen LogP contribution is 2.41. The predicted octanol–water partition coefficient (Wildman–Crippen LogP) is 5.07. The van der Waals surface area contributed by atoms with Crippen molar-refractivity contribution in [3.63, 3.8) is 0 Å². The third kappa shape index (κ3) is 2.67. The number of carbonyl (C=O) groups excluding carboxylic acids is 1. The normalized spacial score (nSPS) is 10.5. The molecule has 0 radical (unpaired) electrons. The lowest BCUT2D eigenvalue weighted by molar-refractivity contribution is 0.100. The Balaban J connectivity index is 2.70. The van der Waals surface area contributed by atoms with Gasteiger partial charge in [0.1, 0.15) is 0 Å². The van der Waals surface area contributed by atoms with Gasteiger partial charge < -0.3 is 5.73 Å². The quantitative estimate of drug-likeness (QED) is 0.766. The lowest BCUT2D eigenvalue weighted by atomic mass is 10.0. The zero-order valence-electron chi connectivity index (χ0n) is 9.38. The van der Waals surface area contributed by atoms with Crippen LogP contribution in [0.1, 0.15) is 10.4 Å². The molecule has 0 saturated carbocycles. The minimum atomic E-state index is -0.608. The van der Waals surface area contributed by atoms with Gasteiger partial charge in [-0.1, -0.05) is 64.6 Å². The van der Waals surface area contributed by atoms with Crippen molar-refractivity contribution in [2.45, 2.75) is 0 Å². The molecule has 6 heteroatoms. The van der Waals surface area contributed by atoms with E-state index in [1.54, 1.807) is 30.3 Å². The molecule has 0 spiro atoms. The first kappa shape index (κ1) is 14.5. The van der Waals surface area contributed by atoms with E-state index >= 15 is 0 Å². The number of benzene rings is 2. The summed E-state index contributed by atoms with van der Waals surface area (Å²) in [6, 6.07) is 8.22. The summed E-state index contributed by atoms with van der Waals surface area (Å²) < 4.78 is 0. The van der Waals surface area contributed by atoms with Gasteiger partial charge in [0.25, 0.3) is 0 Å². The number of rotatable bonds is 2. The van der Waals surface area contributed by atoms with Crippen LogP contribution in [0.15, 0.2) is 30.3 Å². The molecule has 2 N–H and O–H groups in total. The predicted molar refractivity (Wildman–Crippen MR) is 80.4 cm³/mol. The Morgan fingerprint density at radius 1 is 0.842 bits per heavy atom. The van der Waals surface area contributed by atoms with Crippen LogP contribution in [-0.4, -0.2) is 5.91 Å². The van der Waals surface area contributed by atoms with Crippen LogP contribution in [0.2, 0.25) is 20.1 Å². The van der Waals surface area contributed by atoms with Crippen molar-refractivity contribution in [1.82, 2.24) is 0 Å². The molecule has 0 aliphatic carbocycles. The molecule has 19 heavy (non-hydrogen) atoms. The molecule has 98 valence electrons. The third-order valence-corrected chi connectivity index (χ3v) is 4.29. The molecule has 2 aromatic rings. The van der Waals surface area contributed by atoms with Crippen LogP contribution in [0, 0.1) is 0 Å². The zero-order valence-corrected chi connectivity index (χ0v) is 12.4. The van der Waals surface area contributed by atoms with Crippen molar-refractivity contribution in [2.24, 2.45) is 5.73 Å². The SMILES string of the molecule is NC(=O)c1cccc(-c2ccc(Cl)c(Cl)c2Cl)c1Cl. The molecule has 0 unspecified atom stereocenters. The van der Waals surface area contributed by atoms with E-state index in [1.165, 1.54) is 0 Å². The second-order valence-electron chi connectivity index (χ2n) is 3.75. The van der Waals surface area contributed by atoms with Crippen molar-refractivity contribution >= 4 is 52.3 Å². The molecule has 0 saturated heterocycles. The van der Waals surface area contributed by atoms with Gasteiger partial charge in [0.05, 0.1) is 25.7 Å². The molecule has 1 amide bonds. The number of carbonyl (C=O) groups is 1. The Morgan fingerprint density at radius 2 is 1.47 bits per heavy atom. The van der Waals surface area contributed by atoms with E-state index in [4.69, 9.17) is 52.1 Å². The van der Waals surface area contributed by atoms with Crippen LogP contribution in [0.5, 0.6) is 0 Å². The molecule has 0 bridgehead atoms. The van der Waals surface area contributed by atoms with E-state index in [0.717, 1.165) is 0 Å². The molecular weight excluding hydrogens is 328 g/mol. The molecule has 2 nitrogen and oxygen atoms in total. The van der Waals surface area contributed by atoms with Crippen molar-refractivity contribution in [2.75, 3.05) is 0 Å². The molecule has 0 aliphatic rings. The van der Waals surface area contributed by atoms with E-state index in [0.29, 0.717) is 16.1 Å². The number of primary amides is 1. The smallest absolute Gasteiger partial charge is 0.250 e. The number of amides is 1. The van der Waals surface area contributed by atoms with Gasteiger partial charge in [-0.15, -0.1) is 0 Å². The Morgan fingerprint density at radius 3 is 2.11 bits per heavy atom. The van der Waals surface area contributed by atoms with Crippen molar-refractivity contribution in [1.29, 1.82) is 0 Å². The number of halogens is 4. The molecule has 2 aromatic carbocycles. The van der Waals surface area contributed by atoms with Gasteiger partial charge in [-0.25, -0.2) is 0 Å². The van der Waals surface area contributed by atoms with Gasteiger partial charge in [0.2, 0.25) is 5.91 Å². The second kappa shape index (κ2) is 5.59. The van der Waals surface area contributed by atoms with Gasteiger partial charge >= 0.3 is 0 Å². The lowest BCUT2D eigenvalue weighted by Crippen LogP contribution is -2.11. The fraction of sp³-hybridized carbons (Fsp3) is 0. The van der Waals surface area contributed by atoms with Gasteiger partial charge in [0, 0.05) is 11.1 Å². The highest BCUT2D eigenvalue weighted by molar-refractivity contribution is 6.49. The van der Waals surface area contributed by atoms with Crippen LogP contribution < -0.4 is 5.73 Å². The summed E-state index contributed by atoms with van der Waals surface area (Å²) in [6.07, 6.45) is 0. The Hall–Kier alpha value is -0.930. The Bertz CT molecular complexity index is 670. The van der Waals surface area contributed by atoms with Crippen LogP contribution in [-0.2, 0) is 0 Å². The maximum Gasteiger partial charge on any atom is 0.250 e. The topological polar surface area (TPSA) is 43.1 Å². The summed E-state index contributed by atoms with van der Waals surface area (Å²) >= 11 is 24.2. The van der Waals surface area contributed by atoms with Gasteiger partial charge in [0.15, 0.2) is 0 Å². The van der Waals surface area contributed by atoms with Crippen LogP contribution in [0.4, 0.5) is 0 Å². The third-order valence-electron chi connectivity index (χ3n) is 2.59. The van der Waals surface area contributed by atoms with E-state index in [9.17, 15) is 4.79 Å². The number of nitrogens with two attached hydrogens (primary N) is 1. The van der Waals surface area contributed by atoms with Crippen molar-refractivity contribution in [3.05, 3.63) is 56.0 Å². The first-order valence-corrected chi connectivity index (χ1v) is 6.67. The average Bonchev–Trinajstić information content (AvgIpc) is 2.37. The van der Waals surface area contributed by atoms with Crippen molar-refractivity contribution < 1.29 is 4.79 Å². The highest BCUT2D eigenvalue weighted by Gasteiger charge is 2.16. The fourth-order valence-corrected chi connectivity index (χ4v) is 2.62. The van der Waals surface area contributed by atoms with Gasteiger partial charge in [-0.05, 0) is 12.1 Å². The standard InChI is InChI=1S/C13H7Cl4NO/c14-9-5-4-7(11(16)12(9)17)6-2-1-3-8(10(6)15)13(18)19/h1-5H,(H2,18,19).